The molecule has 5 heteroatoms. The van der Waals surface area contributed by atoms with Crippen LogP contribution in [0.4, 0.5) is 13.2 Å². The highest BCUT2D eigenvalue weighted by atomic mass is 19.4. The summed E-state index contributed by atoms with van der Waals surface area (Å²) in [6.45, 7) is 6.52. The van der Waals surface area contributed by atoms with Gasteiger partial charge in [0.1, 0.15) is 0 Å². The van der Waals surface area contributed by atoms with Crippen LogP contribution in [-0.2, 0) is 0 Å². The third-order valence-electron chi connectivity index (χ3n) is 2.66. The van der Waals surface area contributed by atoms with Crippen LogP contribution in [0.5, 0.6) is 0 Å². The molecule has 0 amide bonds. The zero-order chi connectivity index (χ0) is 12.1. The molecule has 0 aromatic heterocycles. The zero-order valence-electron chi connectivity index (χ0n) is 9.86. The summed E-state index contributed by atoms with van der Waals surface area (Å²) in [6, 6.07) is -0.0781. The van der Waals surface area contributed by atoms with Crippen molar-refractivity contribution < 1.29 is 13.2 Å². The van der Waals surface area contributed by atoms with E-state index < -0.39 is 12.7 Å². The molecule has 0 spiro atoms. The molecule has 2 nitrogen and oxygen atoms in total. The molecule has 0 fully saturated rings. The fraction of sp³-hybridized carbons (Fsp3) is 1.00. The minimum absolute atomic E-state index is 0.0781. The molecule has 0 saturated heterocycles. The number of rotatable bonds is 6. The summed E-state index contributed by atoms with van der Waals surface area (Å²) in [5.41, 5.74) is 0. The van der Waals surface area contributed by atoms with Gasteiger partial charge in [0.05, 0.1) is 6.54 Å². The van der Waals surface area contributed by atoms with Crippen molar-refractivity contribution in [2.24, 2.45) is 5.92 Å². The van der Waals surface area contributed by atoms with Gasteiger partial charge in [0.25, 0.3) is 0 Å². The molecule has 2 unspecified atom stereocenters. The Kier molecular flexibility index (Phi) is 6.20. The van der Waals surface area contributed by atoms with Crippen molar-refractivity contribution in [2.75, 3.05) is 26.7 Å². The van der Waals surface area contributed by atoms with E-state index in [1.807, 2.05) is 20.8 Å². The Morgan fingerprint density at radius 3 is 2.20 bits per heavy atom. The van der Waals surface area contributed by atoms with Crippen LogP contribution in [0, 0.1) is 5.92 Å². The second-order valence-electron chi connectivity index (χ2n) is 4.06. The lowest BCUT2D eigenvalue weighted by Gasteiger charge is -2.30. The van der Waals surface area contributed by atoms with Crippen molar-refractivity contribution in [3.63, 3.8) is 0 Å². The standard InChI is InChI=1S/C10H21F3N2/c1-5-14-6-8(2)9(3)15(4)7-10(11,12)13/h8-9,14H,5-7H2,1-4H3. The van der Waals surface area contributed by atoms with E-state index >= 15 is 0 Å². The first-order chi connectivity index (χ1) is 6.78. The lowest BCUT2D eigenvalue weighted by atomic mass is 10.0. The van der Waals surface area contributed by atoms with Crippen LogP contribution in [0.15, 0.2) is 0 Å². The molecule has 92 valence electrons. The van der Waals surface area contributed by atoms with E-state index in [9.17, 15) is 13.2 Å². The Bertz CT molecular complexity index is 171. The normalized spacial score (nSPS) is 16.8. The Hall–Kier alpha value is -0.290. The quantitative estimate of drug-likeness (QED) is 0.746. The van der Waals surface area contributed by atoms with Gasteiger partial charge < -0.3 is 5.32 Å². The fourth-order valence-electron chi connectivity index (χ4n) is 1.40. The number of nitrogens with one attached hydrogen (secondary N) is 1. The predicted molar refractivity (Wildman–Crippen MR) is 55.9 cm³/mol. The van der Waals surface area contributed by atoms with Gasteiger partial charge in [-0.2, -0.15) is 13.2 Å². The second kappa shape index (κ2) is 6.33. The van der Waals surface area contributed by atoms with Gasteiger partial charge in [-0.15, -0.1) is 0 Å². The maximum absolute atomic E-state index is 12.1. The number of alkyl halides is 3. The van der Waals surface area contributed by atoms with Crippen LogP contribution in [-0.4, -0.2) is 43.8 Å². The maximum atomic E-state index is 12.1. The first kappa shape index (κ1) is 14.7. The van der Waals surface area contributed by atoms with Crippen molar-refractivity contribution in [1.82, 2.24) is 10.2 Å². The van der Waals surface area contributed by atoms with E-state index in [-0.39, 0.29) is 12.0 Å². The van der Waals surface area contributed by atoms with E-state index in [4.69, 9.17) is 0 Å². The summed E-state index contributed by atoms with van der Waals surface area (Å²) >= 11 is 0. The fourth-order valence-corrected chi connectivity index (χ4v) is 1.40. The first-order valence-corrected chi connectivity index (χ1v) is 5.25. The van der Waals surface area contributed by atoms with Gasteiger partial charge in [-0.05, 0) is 33.0 Å². The molecule has 0 aliphatic carbocycles. The molecular weight excluding hydrogens is 205 g/mol. The van der Waals surface area contributed by atoms with Crippen LogP contribution in [0.1, 0.15) is 20.8 Å². The van der Waals surface area contributed by atoms with E-state index in [0.717, 1.165) is 13.1 Å². The lowest BCUT2D eigenvalue weighted by Crippen LogP contribution is -2.43. The third kappa shape index (κ3) is 6.73. The number of nitrogens with zero attached hydrogens (tertiary/aromatic N) is 1. The van der Waals surface area contributed by atoms with Crippen molar-refractivity contribution >= 4 is 0 Å². The Balaban J connectivity index is 4.01. The van der Waals surface area contributed by atoms with Crippen molar-refractivity contribution in [1.29, 1.82) is 0 Å². The minimum atomic E-state index is -4.11. The summed E-state index contributed by atoms with van der Waals surface area (Å²) in [5, 5.41) is 3.14. The highest BCUT2D eigenvalue weighted by Gasteiger charge is 2.31. The molecule has 1 N–H and O–H groups in total. The molecule has 2 atom stereocenters. The third-order valence-corrected chi connectivity index (χ3v) is 2.66. The summed E-state index contributed by atoms with van der Waals surface area (Å²) in [5.74, 6) is 0.206. The van der Waals surface area contributed by atoms with Gasteiger partial charge >= 0.3 is 6.18 Å². The Morgan fingerprint density at radius 2 is 1.80 bits per heavy atom. The molecule has 0 aromatic carbocycles. The average molecular weight is 226 g/mol. The van der Waals surface area contributed by atoms with Gasteiger partial charge in [0.2, 0.25) is 0 Å². The van der Waals surface area contributed by atoms with E-state index in [2.05, 4.69) is 5.32 Å². The van der Waals surface area contributed by atoms with Crippen molar-refractivity contribution in [2.45, 2.75) is 33.0 Å². The predicted octanol–water partition coefficient (Wildman–Crippen LogP) is 2.11. The summed E-state index contributed by atoms with van der Waals surface area (Å²) in [7, 11) is 1.51. The minimum Gasteiger partial charge on any atom is -0.317 e. The highest BCUT2D eigenvalue weighted by Crippen LogP contribution is 2.18. The molecule has 15 heavy (non-hydrogen) atoms. The van der Waals surface area contributed by atoms with Crippen LogP contribution in [0.3, 0.4) is 0 Å². The molecule has 0 rings (SSSR count). The first-order valence-electron chi connectivity index (χ1n) is 5.25. The van der Waals surface area contributed by atoms with Crippen LogP contribution in [0.25, 0.3) is 0 Å². The number of halogens is 3. The molecule has 0 aliphatic heterocycles. The Labute approximate surface area is 89.8 Å². The zero-order valence-corrected chi connectivity index (χ0v) is 9.86. The van der Waals surface area contributed by atoms with E-state index in [0.29, 0.717) is 0 Å². The smallest absolute Gasteiger partial charge is 0.317 e. The summed E-state index contributed by atoms with van der Waals surface area (Å²) in [4.78, 5) is 1.35. The van der Waals surface area contributed by atoms with Gasteiger partial charge in [-0.25, -0.2) is 0 Å². The molecule has 0 bridgehead atoms. The monoisotopic (exact) mass is 226 g/mol. The van der Waals surface area contributed by atoms with Crippen LogP contribution >= 0.6 is 0 Å². The van der Waals surface area contributed by atoms with E-state index in [1.54, 1.807) is 0 Å². The lowest BCUT2D eigenvalue weighted by molar-refractivity contribution is -0.148. The van der Waals surface area contributed by atoms with Gasteiger partial charge in [-0.1, -0.05) is 13.8 Å². The molecule has 0 radical (unpaired) electrons. The van der Waals surface area contributed by atoms with Crippen molar-refractivity contribution in [3.8, 4) is 0 Å². The highest BCUT2D eigenvalue weighted by molar-refractivity contribution is 4.73. The Morgan fingerprint density at radius 1 is 1.27 bits per heavy atom. The summed E-state index contributed by atoms with van der Waals surface area (Å²) < 4.78 is 36.4. The number of hydrogen-bond donors (Lipinski definition) is 1. The van der Waals surface area contributed by atoms with Gasteiger partial charge in [-0.3, -0.25) is 4.90 Å². The molecule has 0 aliphatic rings. The molecule has 0 aromatic rings. The van der Waals surface area contributed by atoms with Gasteiger partial charge in [0, 0.05) is 6.04 Å². The summed E-state index contributed by atoms with van der Waals surface area (Å²) in [6.07, 6.45) is -4.11. The average Bonchev–Trinajstić information content (AvgIpc) is 2.10. The largest absolute Gasteiger partial charge is 0.401 e. The van der Waals surface area contributed by atoms with Crippen LogP contribution in [0.2, 0.25) is 0 Å². The molecule has 0 saturated carbocycles. The van der Waals surface area contributed by atoms with Crippen molar-refractivity contribution in [3.05, 3.63) is 0 Å². The number of hydrogen-bond acceptors (Lipinski definition) is 2. The van der Waals surface area contributed by atoms with E-state index in [1.165, 1.54) is 11.9 Å². The second-order valence-corrected chi connectivity index (χ2v) is 4.06. The SMILES string of the molecule is CCNCC(C)C(C)N(C)CC(F)(F)F. The topological polar surface area (TPSA) is 15.3 Å². The molecular formula is C10H21F3N2. The maximum Gasteiger partial charge on any atom is 0.401 e. The molecule has 0 heterocycles. The van der Waals surface area contributed by atoms with Crippen LogP contribution < -0.4 is 5.32 Å². The van der Waals surface area contributed by atoms with Gasteiger partial charge in [0.15, 0.2) is 0 Å².